The fourth-order valence-corrected chi connectivity index (χ4v) is 2.13. The summed E-state index contributed by atoms with van der Waals surface area (Å²) < 4.78 is 5.51. The van der Waals surface area contributed by atoms with Gasteiger partial charge in [0.15, 0.2) is 11.1 Å². The van der Waals surface area contributed by atoms with E-state index in [1.54, 1.807) is 12.1 Å². The smallest absolute Gasteiger partial charge is 0.298 e. The van der Waals surface area contributed by atoms with E-state index in [9.17, 15) is 10.1 Å². The number of fused-ring (bicyclic) bond motifs is 1. The Morgan fingerprint density at radius 2 is 2.25 bits per heavy atom. The van der Waals surface area contributed by atoms with Crippen LogP contribution in [-0.4, -0.2) is 15.9 Å². The van der Waals surface area contributed by atoms with Crippen LogP contribution in [0.1, 0.15) is 39.5 Å². The Morgan fingerprint density at radius 3 is 2.95 bits per heavy atom. The van der Waals surface area contributed by atoms with Crippen molar-refractivity contribution in [2.75, 3.05) is 5.32 Å². The number of para-hydroxylation sites is 1. The highest BCUT2D eigenvalue weighted by Crippen LogP contribution is 2.27. The molecule has 0 aliphatic heterocycles. The van der Waals surface area contributed by atoms with Crippen molar-refractivity contribution in [2.24, 2.45) is 0 Å². The molecule has 1 atom stereocenters. The largest absolute Gasteiger partial charge is 0.423 e. The highest BCUT2D eigenvalue weighted by Gasteiger charge is 2.17. The van der Waals surface area contributed by atoms with Gasteiger partial charge in [0.25, 0.3) is 11.7 Å². The molecule has 2 aromatic rings. The van der Waals surface area contributed by atoms with Crippen LogP contribution >= 0.6 is 0 Å². The Labute approximate surface area is 117 Å². The van der Waals surface area contributed by atoms with Crippen LogP contribution in [0.4, 0.5) is 11.7 Å². The molecule has 1 heterocycles. The average Bonchev–Trinajstić information content (AvgIpc) is 2.80. The Morgan fingerprint density at radius 1 is 1.45 bits per heavy atom. The minimum absolute atomic E-state index is 0.0297. The number of anilines is 1. The van der Waals surface area contributed by atoms with Gasteiger partial charge in [0, 0.05) is 12.1 Å². The molecule has 0 saturated carbocycles. The predicted octanol–water partition coefficient (Wildman–Crippen LogP) is 4.12. The summed E-state index contributed by atoms with van der Waals surface area (Å²) in [7, 11) is 0. The molecule has 2 rings (SSSR count). The number of hydrogen-bond acceptors (Lipinski definition) is 5. The molecule has 1 aromatic heterocycles. The summed E-state index contributed by atoms with van der Waals surface area (Å²) in [4.78, 5) is 14.7. The van der Waals surface area contributed by atoms with Gasteiger partial charge in [0.1, 0.15) is 0 Å². The van der Waals surface area contributed by atoms with E-state index in [1.165, 1.54) is 18.9 Å². The van der Waals surface area contributed by atoms with E-state index in [4.69, 9.17) is 4.42 Å². The fourth-order valence-electron chi connectivity index (χ4n) is 2.13. The number of nitro benzene ring substituents is 1. The van der Waals surface area contributed by atoms with Crippen LogP contribution in [-0.2, 0) is 0 Å². The van der Waals surface area contributed by atoms with E-state index in [0.29, 0.717) is 17.1 Å². The van der Waals surface area contributed by atoms with Crippen molar-refractivity contribution in [1.82, 2.24) is 4.98 Å². The molecule has 20 heavy (non-hydrogen) atoms. The molecule has 0 amide bonds. The summed E-state index contributed by atoms with van der Waals surface area (Å²) in [6.45, 7) is 4.22. The number of non-ortho nitro benzene ring substituents is 1. The van der Waals surface area contributed by atoms with Crippen LogP contribution in [0, 0.1) is 10.1 Å². The molecular weight excluding hydrogens is 258 g/mol. The second kappa shape index (κ2) is 6.36. The number of oxazole rings is 1. The first kappa shape index (κ1) is 14.3. The zero-order valence-electron chi connectivity index (χ0n) is 11.8. The van der Waals surface area contributed by atoms with Crippen LogP contribution in [0.15, 0.2) is 22.6 Å². The monoisotopic (exact) mass is 277 g/mol. The normalized spacial score (nSPS) is 12.5. The molecule has 6 nitrogen and oxygen atoms in total. The highest BCUT2D eigenvalue weighted by molar-refractivity contribution is 5.84. The minimum Gasteiger partial charge on any atom is -0.423 e. The van der Waals surface area contributed by atoms with Gasteiger partial charge in [-0.3, -0.25) is 10.1 Å². The van der Waals surface area contributed by atoms with Gasteiger partial charge in [-0.05, 0) is 19.4 Å². The highest BCUT2D eigenvalue weighted by atomic mass is 16.6. The molecule has 1 aromatic carbocycles. The molecule has 1 unspecified atom stereocenters. The standard InChI is InChI=1S/C14H19N3O3/c1-3-4-5-7-10(2)15-14-16-13-11(17(18)19)8-6-9-12(13)20-14/h6,8-10H,3-5,7H2,1-2H3,(H,15,16). The lowest BCUT2D eigenvalue weighted by Crippen LogP contribution is -2.14. The van der Waals surface area contributed by atoms with E-state index in [0.717, 1.165) is 12.8 Å². The second-order valence-electron chi connectivity index (χ2n) is 4.94. The Bertz CT molecular complexity index is 594. The number of hydrogen-bond donors (Lipinski definition) is 1. The molecule has 0 radical (unpaired) electrons. The van der Waals surface area contributed by atoms with Gasteiger partial charge >= 0.3 is 0 Å². The van der Waals surface area contributed by atoms with E-state index >= 15 is 0 Å². The third-order valence-corrected chi connectivity index (χ3v) is 3.20. The summed E-state index contributed by atoms with van der Waals surface area (Å²) >= 11 is 0. The number of benzene rings is 1. The van der Waals surface area contributed by atoms with E-state index in [1.807, 2.05) is 0 Å². The van der Waals surface area contributed by atoms with Gasteiger partial charge in [0.05, 0.1) is 4.92 Å². The summed E-state index contributed by atoms with van der Waals surface area (Å²) in [6.07, 6.45) is 4.55. The fraction of sp³-hybridized carbons (Fsp3) is 0.500. The maximum absolute atomic E-state index is 10.9. The molecule has 6 heteroatoms. The van der Waals surface area contributed by atoms with Gasteiger partial charge in [-0.2, -0.15) is 4.98 Å². The molecule has 1 N–H and O–H groups in total. The summed E-state index contributed by atoms with van der Waals surface area (Å²) in [6, 6.07) is 5.29. The Hall–Kier alpha value is -2.11. The molecule has 0 bridgehead atoms. The van der Waals surface area contributed by atoms with Crippen LogP contribution in [0.3, 0.4) is 0 Å². The van der Waals surface area contributed by atoms with Crippen molar-refractivity contribution >= 4 is 22.8 Å². The summed E-state index contributed by atoms with van der Waals surface area (Å²) in [5.41, 5.74) is 0.696. The third-order valence-electron chi connectivity index (χ3n) is 3.20. The van der Waals surface area contributed by atoms with E-state index in [-0.39, 0.29) is 11.7 Å². The first-order valence-electron chi connectivity index (χ1n) is 6.92. The minimum atomic E-state index is -0.445. The van der Waals surface area contributed by atoms with Crippen LogP contribution in [0.5, 0.6) is 0 Å². The van der Waals surface area contributed by atoms with Gasteiger partial charge < -0.3 is 9.73 Å². The molecule has 0 aliphatic rings. The van der Waals surface area contributed by atoms with Gasteiger partial charge in [-0.25, -0.2) is 0 Å². The number of rotatable bonds is 7. The van der Waals surface area contributed by atoms with E-state index < -0.39 is 4.92 Å². The van der Waals surface area contributed by atoms with Crippen molar-refractivity contribution in [3.05, 3.63) is 28.3 Å². The first-order chi connectivity index (χ1) is 9.61. The lowest BCUT2D eigenvalue weighted by molar-refractivity contribution is -0.383. The molecule has 0 aliphatic carbocycles. The Kier molecular flexibility index (Phi) is 4.55. The number of nitrogens with zero attached hydrogens (tertiary/aromatic N) is 2. The zero-order chi connectivity index (χ0) is 14.5. The first-order valence-corrected chi connectivity index (χ1v) is 6.92. The number of aromatic nitrogens is 1. The lowest BCUT2D eigenvalue weighted by Gasteiger charge is -2.10. The maximum Gasteiger partial charge on any atom is 0.298 e. The second-order valence-corrected chi connectivity index (χ2v) is 4.94. The molecule has 0 spiro atoms. The molecule has 0 saturated heterocycles. The zero-order valence-corrected chi connectivity index (χ0v) is 11.8. The van der Waals surface area contributed by atoms with Crippen molar-refractivity contribution in [1.29, 1.82) is 0 Å². The molecule has 108 valence electrons. The van der Waals surface area contributed by atoms with Crippen molar-refractivity contribution < 1.29 is 9.34 Å². The molecular formula is C14H19N3O3. The number of nitrogens with one attached hydrogen (secondary N) is 1. The van der Waals surface area contributed by atoms with Crippen LogP contribution in [0.2, 0.25) is 0 Å². The number of unbranched alkanes of at least 4 members (excludes halogenated alkanes) is 2. The SMILES string of the molecule is CCCCCC(C)Nc1nc2c([N+](=O)[O-])cccc2o1. The van der Waals surface area contributed by atoms with Crippen molar-refractivity contribution in [3.8, 4) is 0 Å². The van der Waals surface area contributed by atoms with Gasteiger partial charge in [-0.1, -0.05) is 32.3 Å². The van der Waals surface area contributed by atoms with Crippen LogP contribution in [0.25, 0.3) is 11.1 Å². The van der Waals surface area contributed by atoms with Gasteiger partial charge in [0.2, 0.25) is 0 Å². The summed E-state index contributed by atoms with van der Waals surface area (Å²) in [5.74, 6) is 0. The Balaban J connectivity index is 2.12. The van der Waals surface area contributed by atoms with Crippen molar-refractivity contribution in [2.45, 2.75) is 45.6 Å². The van der Waals surface area contributed by atoms with E-state index in [2.05, 4.69) is 24.1 Å². The maximum atomic E-state index is 10.9. The number of nitro groups is 1. The molecule has 0 fully saturated rings. The van der Waals surface area contributed by atoms with Gasteiger partial charge in [-0.15, -0.1) is 0 Å². The quantitative estimate of drug-likeness (QED) is 0.467. The van der Waals surface area contributed by atoms with Crippen molar-refractivity contribution in [3.63, 3.8) is 0 Å². The topological polar surface area (TPSA) is 81.2 Å². The third kappa shape index (κ3) is 3.26. The summed E-state index contributed by atoms with van der Waals surface area (Å²) in [5, 5.41) is 14.1. The lowest BCUT2D eigenvalue weighted by atomic mass is 10.1. The predicted molar refractivity (Wildman–Crippen MR) is 77.9 cm³/mol. The average molecular weight is 277 g/mol. The van der Waals surface area contributed by atoms with Crippen LogP contribution < -0.4 is 5.32 Å².